The van der Waals surface area contributed by atoms with Gasteiger partial charge in [0.05, 0.1) is 0 Å². The molecule has 2 aromatic heterocycles. The Morgan fingerprint density at radius 1 is 1.24 bits per heavy atom. The van der Waals surface area contributed by atoms with Gasteiger partial charge in [-0.1, -0.05) is 30.3 Å². The van der Waals surface area contributed by atoms with Gasteiger partial charge in [-0.05, 0) is 33.7 Å². The van der Waals surface area contributed by atoms with E-state index in [1.165, 1.54) is 33.1 Å². The second-order valence-corrected chi connectivity index (χ2v) is 9.55. The van der Waals surface area contributed by atoms with Crippen molar-refractivity contribution in [1.29, 1.82) is 0 Å². The summed E-state index contributed by atoms with van der Waals surface area (Å²) in [6, 6.07) is 10.9. The summed E-state index contributed by atoms with van der Waals surface area (Å²) in [5, 5.41) is 38.0. The molecule has 3 aromatic rings. The minimum atomic E-state index is -1.43. The second-order valence-electron chi connectivity index (χ2n) is 7.45. The molecule has 0 aliphatic carbocycles. The number of rotatable bonds is 7. The summed E-state index contributed by atoms with van der Waals surface area (Å²) in [6.07, 6.45) is -1.43. The van der Waals surface area contributed by atoms with Gasteiger partial charge in [-0.3, -0.25) is 14.5 Å². The number of carboxylic acid groups (broad SMARTS) is 1. The van der Waals surface area contributed by atoms with Crippen LogP contribution in [0.5, 0.6) is 0 Å². The van der Waals surface area contributed by atoms with Crippen LogP contribution >= 0.6 is 23.5 Å². The number of hydrogen-bond donors (Lipinski definition) is 3. The van der Waals surface area contributed by atoms with Crippen molar-refractivity contribution in [3.63, 3.8) is 0 Å². The van der Waals surface area contributed by atoms with Gasteiger partial charge in [0.25, 0.3) is 11.8 Å². The predicted octanol–water partition coefficient (Wildman–Crippen LogP) is 0.0836. The number of benzene rings is 1. The molecule has 12 nitrogen and oxygen atoms in total. The maximum absolute atomic E-state index is 12.8. The molecule has 0 saturated carbocycles. The van der Waals surface area contributed by atoms with E-state index in [1.807, 2.05) is 0 Å². The van der Waals surface area contributed by atoms with Gasteiger partial charge in [0.2, 0.25) is 0 Å². The zero-order chi connectivity index (χ0) is 23.8. The lowest BCUT2D eigenvalue weighted by Gasteiger charge is -2.49. The quantitative estimate of drug-likeness (QED) is 0.298. The molecule has 5 rings (SSSR count). The fourth-order valence-corrected chi connectivity index (χ4v) is 6.02. The molecule has 14 heteroatoms. The molecule has 0 radical (unpaired) electrons. The smallest absolute Gasteiger partial charge is 0.352 e. The Kier molecular flexibility index (Phi) is 5.93. The highest BCUT2D eigenvalue weighted by Crippen LogP contribution is 2.41. The van der Waals surface area contributed by atoms with Gasteiger partial charge in [-0.25, -0.2) is 4.79 Å². The van der Waals surface area contributed by atoms with Crippen LogP contribution in [0, 0.1) is 0 Å². The fraction of sp³-hybridized carbons (Fsp3) is 0.250. The number of carbonyl (C=O) groups is 3. The monoisotopic (exact) mass is 499 g/mol. The van der Waals surface area contributed by atoms with E-state index in [1.54, 1.807) is 42.5 Å². The first-order chi connectivity index (χ1) is 16.4. The van der Waals surface area contributed by atoms with Crippen LogP contribution in [0.3, 0.4) is 0 Å². The molecule has 0 bridgehead atoms. The SMILES string of the molecule is O=C(O)C1=C(CSc2ccc3nnnn3n2)CS[C@H]2C(NC(=O)C(O)c3ccccc3)C(=O)N12. The van der Waals surface area contributed by atoms with E-state index in [0.717, 1.165) is 0 Å². The molecule has 1 aromatic carbocycles. The summed E-state index contributed by atoms with van der Waals surface area (Å²) in [6.45, 7) is 0. The zero-order valence-corrected chi connectivity index (χ0v) is 18.9. The van der Waals surface area contributed by atoms with Crippen molar-refractivity contribution in [1.82, 2.24) is 35.5 Å². The Labute approximate surface area is 200 Å². The van der Waals surface area contributed by atoms with Crippen LogP contribution in [-0.4, -0.2) is 81.1 Å². The van der Waals surface area contributed by atoms with E-state index in [9.17, 15) is 24.6 Å². The van der Waals surface area contributed by atoms with Gasteiger partial charge in [-0.2, -0.15) is 0 Å². The number of aliphatic hydroxyl groups excluding tert-OH is 1. The van der Waals surface area contributed by atoms with E-state index in [4.69, 9.17) is 0 Å². The van der Waals surface area contributed by atoms with Crippen LogP contribution in [0.25, 0.3) is 5.65 Å². The van der Waals surface area contributed by atoms with Gasteiger partial charge in [-0.15, -0.1) is 38.4 Å². The van der Waals surface area contributed by atoms with Gasteiger partial charge in [0.1, 0.15) is 22.1 Å². The van der Waals surface area contributed by atoms with E-state index >= 15 is 0 Å². The summed E-state index contributed by atoms with van der Waals surface area (Å²) < 4.78 is 1.27. The Balaban J connectivity index is 1.28. The molecule has 4 heterocycles. The van der Waals surface area contributed by atoms with E-state index in [0.29, 0.717) is 33.3 Å². The zero-order valence-electron chi connectivity index (χ0n) is 17.3. The first kappa shape index (κ1) is 22.3. The summed E-state index contributed by atoms with van der Waals surface area (Å²) >= 11 is 2.66. The van der Waals surface area contributed by atoms with Crippen LogP contribution < -0.4 is 5.32 Å². The van der Waals surface area contributed by atoms with Crippen LogP contribution in [0.15, 0.2) is 58.8 Å². The molecule has 2 amide bonds. The van der Waals surface area contributed by atoms with Crippen molar-refractivity contribution >= 4 is 47.0 Å². The first-order valence-corrected chi connectivity index (χ1v) is 12.1. The van der Waals surface area contributed by atoms with E-state index in [-0.39, 0.29) is 5.70 Å². The fourth-order valence-electron chi connectivity index (χ4n) is 3.68. The summed E-state index contributed by atoms with van der Waals surface area (Å²) in [4.78, 5) is 38.5. The van der Waals surface area contributed by atoms with Gasteiger partial charge in [0, 0.05) is 11.5 Å². The molecule has 2 aliphatic rings. The molecule has 0 spiro atoms. The normalized spacial score (nSPS) is 20.6. The number of carboxylic acids is 1. The number of carbonyl (C=O) groups excluding carboxylic acids is 2. The van der Waals surface area contributed by atoms with Gasteiger partial charge in [0.15, 0.2) is 11.8 Å². The maximum Gasteiger partial charge on any atom is 0.352 e. The Bertz CT molecular complexity index is 1310. The minimum Gasteiger partial charge on any atom is -0.477 e. The number of aliphatic carboxylic acids is 1. The number of nitrogens with zero attached hydrogens (tertiary/aromatic N) is 6. The number of nitrogens with one attached hydrogen (secondary N) is 1. The number of β-lactam (4-membered cyclic amide) rings is 1. The Morgan fingerprint density at radius 2 is 2.03 bits per heavy atom. The molecule has 3 atom stereocenters. The lowest BCUT2D eigenvalue weighted by Crippen LogP contribution is -2.70. The molecule has 2 unspecified atom stereocenters. The first-order valence-electron chi connectivity index (χ1n) is 10.1. The van der Waals surface area contributed by atoms with Crippen molar-refractivity contribution in [3.8, 4) is 0 Å². The largest absolute Gasteiger partial charge is 0.477 e. The van der Waals surface area contributed by atoms with Crippen molar-refractivity contribution in [2.45, 2.75) is 22.5 Å². The highest BCUT2D eigenvalue weighted by Gasteiger charge is 2.54. The van der Waals surface area contributed by atoms with Crippen LogP contribution in [0.2, 0.25) is 0 Å². The number of aromatic nitrogens is 5. The second kappa shape index (κ2) is 9.04. The predicted molar refractivity (Wildman–Crippen MR) is 120 cm³/mol. The van der Waals surface area contributed by atoms with Crippen LogP contribution in [0.4, 0.5) is 0 Å². The van der Waals surface area contributed by atoms with Crippen LogP contribution in [0.1, 0.15) is 11.7 Å². The third-order valence-corrected chi connectivity index (χ3v) is 7.70. The molecule has 3 N–H and O–H groups in total. The highest BCUT2D eigenvalue weighted by molar-refractivity contribution is 8.01. The lowest BCUT2D eigenvalue weighted by molar-refractivity contribution is -0.151. The highest BCUT2D eigenvalue weighted by atomic mass is 32.2. The number of hydrogen-bond acceptors (Lipinski definition) is 10. The van der Waals surface area contributed by atoms with E-state index in [2.05, 4.69) is 25.9 Å². The van der Waals surface area contributed by atoms with Crippen LogP contribution in [-0.2, 0) is 14.4 Å². The molecule has 2 aliphatic heterocycles. The third-order valence-electron chi connectivity index (χ3n) is 5.35. The van der Waals surface area contributed by atoms with Crippen molar-refractivity contribution in [2.24, 2.45) is 0 Å². The lowest BCUT2D eigenvalue weighted by atomic mass is 10.0. The maximum atomic E-state index is 12.8. The van der Waals surface area contributed by atoms with Gasteiger partial charge >= 0.3 is 5.97 Å². The number of amides is 2. The standard InChI is InChI=1S/C20H17N7O5S2/c28-16(10-4-2-1-3-5-10)17(29)21-14-18(30)26-15(20(31)32)11(9-34-19(14)26)8-33-13-7-6-12-22-24-25-27(12)23-13/h1-7,14,16,19,28H,8-9H2,(H,21,29)(H,31,32)/t14?,16?,19-/m0/s1. The third kappa shape index (κ3) is 3.99. The molecule has 1 fully saturated rings. The molecule has 1 saturated heterocycles. The van der Waals surface area contributed by atoms with E-state index < -0.39 is 35.3 Å². The van der Waals surface area contributed by atoms with Crippen molar-refractivity contribution < 1.29 is 24.6 Å². The number of fused-ring (bicyclic) bond motifs is 2. The molecule has 174 valence electrons. The topological polar surface area (TPSA) is 163 Å². The summed E-state index contributed by atoms with van der Waals surface area (Å²) in [7, 11) is 0. The average molecular weight is 500 g/mol. The van der Waals surface area contributed by atoms with Gasteiger partial charge < -0.3 is 15.5 Å². The summed E-state index contributed by atoms with van der Waals surface area (Å²) in [5.41, 5.74) is 1.37. The summed E-state index contributed by atoms with van der Waals surface area (Å²) in [5.74, 6) is -1.79. The Hall–Kier alpha value is -3.49. The number of thioether (sulfide) groups is 2. The molecular weight excluding hydrogens is 482 g/mol. The molecule has 34 heavy (non-hydrogen) atoms. The number of aliphatic hydroxyl groups is 1. The number of tetrazole rings is 1. The molecular formula is C20H17N7O5S2. The Morgan fingerprint density at radius 3 is 2.79 bits per heavy atom. The van der Waals surface area contributed by atoms with Crippen molar-refractivity contribution in [3.05, 3.63) is 59.3 Å². The minimum absolute atomic E-state index is 0.0844. The van der Waals surface area contributed by atoms with Crippen molar-refractivity contribution in [2.75, 3.05) is 11.5 Å². The average Bonchev–Trinajstić information content (AvgIpc) is 3.33.